The molecule has 0 aliphatic heterocycles. The zero-order valence-corrected chi connectivity index (χ0v) is 15.6. The van der Waals surface area contributed by atoms with Gasteiger partial charge in [-0.1, -0.05) is 58.8 Å². The van der Waals surface area contributed by atoms with E-state index in [9.17, 15) is 9.18 Å². The fraction of sp³-hybridized carbons (Fsp3) is 0.0556. The first kappa shape index (κ1) is 18.5. The number of aromatic nitrogens is 2. The molecule has 0 saturated heterocycles. The molecule has 0 unspecified atom stereocenters. The zero-order valence-electron chi connectivity index (χ0n) is 13.2. The highest BCUT2D eigenvalue weighted by Crippen LogP contribution is 2.25. The lowest BCUT2D eigenvalue weighted by Crippen LogP contribution is -2.22. The maximum Gasteiger partial charge on any atom is 0.282 e. The Balaban J connectivity index is 1.65. The van der Waals surface area contributed by atoms with Gasteiger partial charge in [0.1, 0.15) is 5.82 Å². The van der Waals surface area contributed by atoms with Crippen LogP contribution in [-0.2, 0) is 6.54 Å². The number of amides is 1. The van der Waals surface area contributed by atoms with Crippen LogP contribution in [0.1, 0.15) is 25.9 Å². The van der Waals surface area contributed by atoms with Crippen LogP contribution in [0.15, 0.2) is 48.5 Å². The Bertz CT molecular complexity index is 940. The summed E-state index contributed by atoms with van der Waals surface area (Å²) in [6.45, 7) is 0.266. The van der Waals surface area contributed by atoms with Crippen molar-refractivity contribution in [3.8, 4) is 0 Å². The van der Waals surface area contributed by atoms with E-state index in [0.29, 0.717) is 15.1 Å². The minimum Gasteiger partial charge on any atom is -0.346 e. The first-order valence-electron chi connectivity index (χ1n) is 7.50. The monoisotopic (exact) mass is 407 g/mol. The van der Waals surface area contributed by atoms with Crippen LogP contribution in [0.5, 0.6) is 0 Å². The molecular formula is C18H12Cl2FN3OS. The zero-order chi connectivity index (χ0) is 18.5. The van der Waals surface area contributed by atoms with Gasteiger partial charge < -0.3 is 5.32 Å². The Labute approximate surface area is 163 Å². The molecule has 0 bridgehead atoms. The van der Waals surface area contributed by atoms with E-state index in [4.69, 9.17) is 23.2 Å². The first-order valence-corrected chi connectivity index (χ1v) is 9.08. The molecule has 2 aromatic carbocycles. The average molecular weight is 408 g/mol. The van der Waals surface area contributed by atoms with Crippen molar-refractivity contribution in [2.45, 2.75) is 6.54 Å². The van der Waals surface area contributed by atoms with Crippen molar-refractivity contribution in [1.29, 1.82) is 0 Å². The van der Waals surface area contributed by atoms with Gasteiger partial charge >= 0.3 is 0 Å². The molecule has 0 atom stereocenters. The molecule has 0 aliphatic rings. The molecule has 1 N–H and O–H groups in total. The number of halogens is 3. The van der Waals surface area contributed by atoms with Gasteiger partial charge in [-0.05, 0) is 41.5 Å². The van der Waals surface area contributed by atoms with Gasteiger partial charge in [-0.3, -0.25) is 4.79 Å². The van der Waals surface area contributed by atoms with E-state index in [1.54, 1.807) is 30.3 Å². The van der Waals surface area contributed by atoms with Gasteiger partial charge in [-0.2, -0.15) is 0 Å². The van der Waals surface area contributed by atoms with Crippen LogP contribution >= 0.6 is 34.5 Å². The van der Waals surface area contributed by atoms with Crippen molar-refractivity contribution in [2.24, 2.45) is 0 Å². The second-order valence-corrected chi connectivity index (χ2v) is 7.09. The predicted molar refractivity (Wildman–Crippen MR) is 103 cm³/mol. The lowest BCUT2D eigenvalue weighted by molar-refractivity contribution is 0.0950. The molecule has 1 heterocycles. The van der Waals surface area contributed by atoms with Crippen LogP contribution in [0.25, 0.3) is 11.1 Å². The molecule has 4 nitrogen and oxygen atoms in total. The topological polar surface area (TPSA) is 54.9 Å². The van der Waals surface area contributed by atoms with E-state index in [1.165, 1.54) is 12.1 Å². The summed E-state index contributed by atoms with van der Waals surface area (Å²) < 4.78 is 12.9. The lowest BCUT2D eigenvalue weighted by atomic mass is 10.2. The van der Waals surface area contributed by atoms with Crippen molar-refractivity contribution in [3.05, 3.63) is 80.5 Å². The van der Waals surface area contributed by atoms with E-state index < -0.39 is 0 Å². The van der Waals surface area contributed by atoms with Crippen molar-refractivity contribution in [3.63, 3.8) is 0 Å². The summed E-state index contributed by atoms with van der Waals surface area (Å²) in [5, 5.41) is 12.2. The maximum absolute atomic E-state index is 12.9. The summed E-state index contributed by atoms with van der Waals surface area (Å²) in [6.07, 6.45) is 1.72. The highest BCUT2D eigenvalue weighted by Gasteiger charge is 2.14. The number of hydrogen-bond donors (Lipinski definition) is 1. The standard InChI is InChI=1S/C18H12Cl2FN3OS/c19-13-5-1-11(2-6-13)9-15(20)17-23-24-18(26-17)16(25)22-10-12-3-7-14(21)8-4-12/h1-9H,10H2,(H,22,25). The third kappa shape index (κ3) is 4.88. The molecular weight excluding hydrogens is 396 g/mol. The van der Waals surface area contributed by atoms with Crippen LogP contribution in [0.2, 0.25) is 5.02 Å². The summed E-state index contributed by atoms with van der Waals surface area (Å²) in [5.74, 6) is -0.690. The Kier molecular flexibility index (Phi) is 5.98. The SMILES string of the molecule is O=C(NCc1ccc(F)cc1)c1nnc(C(Cl)=Cc2ccc(Cl)cc2)s1. The van der Waals surface area contributed by atoms with Gasteiger partial charge in [-0.15, -0.1) is 10.2 Å². The maximum atomic E-state index is 12.9. The van der Waals surface area contributed by atoms with Gasteiger partial charge in [0.2, 0.25) is 5.01 Å². The van der Waals surface area contributed by atoms with E-state index >= 15 is 0 Å². The quantitative estimate of drug-likeness (QED) is 0.647. The Morgan fingerprint density at radius 3 is 2.42 bits per heavy atom. The normalized spacial score (nSPS) is 11.4. The van der Waals surface area contributed by atoms with Crippen molar-refractivity contribution >= 4 is 51.6 Å². The van der Waals surface area contributed by atoms with Gasteiger partial charge in [0, 0.05) is 11.6 Å². The Morgan fingerprint density at radius 1 is 1.08 bits per heavy atom. The second-order valence-electron chi connectivity index (χ2n) is 5.27. The predicted octanol–water partition coefficient (Wildman–Crippen LogP) is 5.00. The van der Waals surface area contributed by atoms with Crippen LogP contribution in [0.3, 0.4) is 0 Å². The molecule has 3 rings (SSSR count). The first-order chi connectivity index (χ1) is 12.5. The van der Waals surface area contributed by atoms with Gasteiger partial charge in [0.05, 0.1) is 5.03 Å². The molecule has 26 heavy (non-hydrogen) atoms. The molecule has 0 saturated carbocycles. The molecule has 0 radical (unpaired) electrons. The molecule has 132 valence electrons. The summed E-state index contributed by atoms with van der Waals surface area (Å²) in [6, 6.07) is 13.0. The van der Waals surface area contributed by atoms with Crippen molar-refractivity contribution in [2.75, 3.05) is 0 Å². The number of carbonyl (C=O) groups is 1. The van der Waals surface area contributed by atoms with Crippen LogP contribution in [0.4, 0.5) is 4.39 Å². The minimum atomic E-state index is -0.367. The van der Waals surface area contributed by atoms with Crippen LogP contribution in [0, 0.1) is 5.82 Å². The van der Waals surface area contributed by atoms with Crippen LogP contribution < -0.4 is 5.32 Å². The largest absolute Gasteiger partial charge is 0.346 e. The van der Waals surface area contributed by atoms with E-state index in [2.05, 4.69) is 15.5 Å². The molecule has 3 aromatic rings. The smallest absolute Gasteiger partial charge is 0.282 e. The van der Waals surface area contributed by atoms with E-state index in [0.717, 1.165) is 22.5 Å². The van der Waals surface area contributed by atoms with E-state index in [-0.39, 0.29) is 23.3 Å². The fourth-order valence-electron chi connectivity index (χ4n) is 2.04. The second kappa shape index (κ2) is 8.40. The average Bonchev–Trinajstić information content (AvgIpc) is 3.13. The van der Waals surface area contributed by atoms with Gasteiger partial charge in [0.15, 0.2) is 5.01 Å². The van der Waals surface area contributed by atoms with Crippen LogP contribution in [-0.4, -0.2) is 16.1 Å². The molecule has 0 fully saturated rings. The minimum absolute atomic E-state index is 0.199. The number of nitrogens with one attached hydrogen (secondary N) is 1. The fourth-order valence-corrected chi connectivity index (χ4v) is 3.11. The summed E-state index contributed by atoms with van der Waals surface area (Å²) >= 11 is 13.2. The Morgan fingerprint density at radius 2 is 1.73 bits per heavy atom. The van der Waals surface area contributed by atoms with Gasteiger partial charge in [-0.25, -0.2) is 4.39 Å². The third-order valence-electron chi connectivity index (χ3n) is 3.35. The van der Waals surface area contributed by atoms with Gasteiger partial charge in [0.25, 0.3) is 5.91 Å². The number of hydrogen-bond acceptors (Lipinski definition) is 4. The highest BCUT2D eigenvalue weighted by atomic mass is 35.5. The molecule has 1 aromatic heterocycles. The lowest BCUT2D eigenvalue weighted by Gasteiger charge is -2.02. The molecule has 0 aliphatic carbocycles. The number of benzene rings is 2. The van der Waals surface area contributed by atoms with E-state index in [1.807, 2.05) is 12.1 Å². The number of nitrogens with zero attached hydrogens (tertiary/aromatic N) is 2. The Hall–Kier alpha value is -2.28. The highest BCUT2D eigenvalue weighted by molar-refractivity contribution is 7.15. The third-order valence-corrected chi connectivity index (χ3v) is 4.96. The summed E-state index contributed by atoms with van der Waals surface area (Å²) in [5.41, 5.74) is 1.64. The van der Waals surface area contributed by atoms with Crippen molar-refractivity contribution < 1.29 is 9.18 Å². The number of carbonyl (C=O) groups excluding carboxylic acids is 1. The number of rotatable bonds is 5. The summed E-state index contributed by atoms with van der Waals surface area (Å²) in [7, 11) is 0. The molecule has 0 spiro atoms. The molecule has 8 heteroatoms. The molecule has 1 amide bonds. The van der Waals surface area contributed by atoms with Crippen molar-refractivity contribution in [1.82, 2.24) is 15.5 Å². The summed E-state index contributed by atoms with van der Waals surface area (Å²) in [4.78, 5) is 12.2.